The van der Waals surface area contributed by atoms with E-state index in [0.717, 1.165) is 6.42 Å². The summed E-state index contributed by atoms with van der Waals surface area (Å²) in [6.07, 6.45) is -3.07. The van der Waals surface area contributed by atoms with Crippen molar-refractivity contribution in [2.75, 3.05) is 0 Å². The molecule has 0 spiro atoms. The lowest BCUT2D eigenvalue weighted by molar-refractivity contribution is -0.145. The predicted octanol–water partition coefficient (Wildman–Crippen LogP) is 1.09. The molecule has 7 heteroatoms. The average molecular weight is 206 g/mol. The lowest BCUT2D eigenvalue weighted by Gasteiger charge is -2.17. The van der Waals surface area contributed by atoms with E-state index in [-0.39, 0.29) is 5.82 Å². The molecular formula is C7H9F3N4. The minimum Gasteiger partial charge on any atom is -0.321 e. The van der Waals surface area contributed by atoms with Gasteiger partial charge in [0.15, 0.2) is 0 Å². The fourth-order valence-electron chi connectivity index (χ4n) is 1.50. The second-order valence-corrected chi connectivity index (χ2v) is 3.26. The lowest BCUT2D eigenvalue weighted by Crippen LogP contribution is -2.22. The first-order valence-electron chi connectivity index (χ1n) is 4.26. The van der Waals surface area contributed by atoms with Crippen LogP contribution in [0.4, 0.5) is 13.2 Å². The van der Waals surface area contributed by atoms with Gasteiger partial charge in [0.25, 0.3) is 5.82 Å². The van der Waals surface area contributed by atoms with Gasteiger partial charge in [-0.2, -0.15) is 13.2 Å². The van der Waals surface area contributed by atoms with Gasteiger partial charge in [0.2, 0.25) is 0 Å². The van der Waals surface area contributed by atoms with E-state index in [1.54, 1.807) is 0 Å². The maximum Gasteiger partial charge on any atom is 0.453 e. The third-order valence-electron chi connectivity index (χ3n) is 2.17. The number of halogens is 3. The molecule has 0 fully saturated rings. The number of aryl methyl sites for hydroxylation is 1. The van der Waals surface area contributed by atoms with Crippen LogP contribution in [-0.2, 0) is 12.7 Å². The van der Waals surface area contributed by atoms with Gasteiger partial charge in [0, 0.05) is 6.54 Å². The highest BCUT2D eigenvalue weighted by Gasteiger charge is 2.38. The molecule has 14 heavy (non-hydrogen) atoms. The summed E-state index contributed by atoms with van der Waals surface area (Å²) in [7, 11) is 0. The van der Waals surface area contributed by atoms with Crippen molar-refractivity contribution < 1.29 is 13.2 Å². The van der Waals surface area contributed by atoms with Crippen molar-refractivity contribution in [1.29, 1.82) is 0 Å². The Bertz CT molecular complexity index is 343. The molecule has 78 valence electrons. The van der Waals surface area contributed by atoms with Crippen LogP contribution >= 0.6 is 0 Å². The number of nitrogens with zero attached hydrogens (tertiary/aromatic N) is 3. The largest absolute Gasteiger partial charge is 0.453 e. The van der Waals surface area contributed by atoms with Gasteiger partial charge in [-0.1, -0.05) is 0 Å². The Morgan fingerprint density at radius 1 is 1.43 bits per heavy atom. The van der Waals surface area contributed by atoms with Crippen LogP contribution < -0.4 is 5.73 Å². The van der Waals surface area contributed by atoms with Gasteiger partial charge < -0.3 is 5.73 Å². The van der Waals surface area contributed by atoms with Crippen LogP contribution in [0.2, 0.25) is 0 Å². The monoisotopic (exact) mass is 206 g/mol. The molecule has 1 aliphatic heterocycles. The number of hydrogen-bond donors (Lipinski definition) is 1. The average Bonchev–Trinajstić information content (AvgIpc) is 2.48. The SMILES string of the molecule is NC1CCCn2nc(C(F)(F)F)nc21. The highest BCUT2D eigenvalue weighted by molar-refractivity contribution is 5.02. The molecule has 2 rings (SSSR count). The second kappa shape index (κ2) is 2.94. The Hall–Kier alpha value is -1.11. The van der Waals surface area contributed by atoms with Gasteiger partial charge >= 0.3 is 6.18 Å². The molecule has 0 saturated heterocycles. The number of alkyl halides is 3. The maximum absolute atomic E-state index is 12.2. The van der Waals surface area contributed by atoms with E-state index in [2.05, 4.69) is 10.1 Å². The zero-order chi connectivity index (χ0) is 10.3. The van der Waals surface area contributed by atoms with Crippen LogP contribution in [0.1, 0.15) is 30.5 Å². The quantitative estimate of drug-likeness (QED) is 0.691. The van der Waals surface area contributed by atoms with Crippen molar-refractivity contribution in [3.05, 3.63) is 11.6 Å². The van der Waals surface area contributed by atoms with Gasteiger partial charge in [-0.25, -0.2) is 9.67 Å². The highest BCUT2D eigenvalue weighted by atomic mass is 19.4. The van der Waals surface area contributed by atoms with Crippen molar-refractivity contribution in [3.63, 3.8) is 0 Å². The van der Waals surface area contributed by atoms with Crippen LogP contribution in [0, 0.1) is 0 Å². The Kier molecular flexibility index (Phi) is 1.99. The number of aromatic nitrogens is 3. The number of nitrogens with two attached hydrogens (primary N) is 1. The summed E-state index contributed by atoms with van der Waals surface area (Å²) in [5.41, 5.74) is 5.61. The Morgan fingerprint density at radius 3 is 2.71 bits per heavy atom. The molecule has 1 atom stereocenters. The third-order valence-corrected chi connectivity index (χ3v) is 2.17. The van der Waals surface area contributed by atoms with Gasteiger partial charge in [-0.15, -0.1) is 5.10 Å². The van der Waals surface area contributed by atoms with Crippen molar-refractivity contribution >= 4 is 0 Å². The molecule has 2 N–H and O–H groups in total. The van der Waals surface area contributed by atoms with Gasteiger partial charge in [-0.05, 0) is 12.8 Å². The molecule has 1 unspecified atom stereocenters. The summed E-state index contributed by atoms with van der Waals surface area (Å²) in [6.45, 7) is 0.464. The number of hydrogen-bond acceptors (Lipinski definition) is 3. The van der Waals surface area contributed by atoms with E-state index < -0.39 is 18.0 Å². The number of rotatable bonds is 0. The van der Waals surface area contributed by atoms with Crippen molar-refractivity contribution in [3.8, 4) is 0 Å². The summed E-state index contributed by atoms with van der Waals surface area (Å²) < 4.78 is 37.9. The van der Waals surface area contributed by atoms with E-state index in [0.29, 0.717) is 13.0 Å². The molecule has 0 radical (unpaired) electrons. The molecule has 4 nitrogen and oxygen atoms in total. The topological polar surface area (TPSA) is 56.7 Å². The molecule has 0 aliphatic carbocycles. The molecule has 0 amide bonds. The zero-order valence-corrected chi connectivity index (χ0v) is 7.25. The molecule has 0 bridgehead atoms. The summed E-state index contributed by atoms with van der Waals surface area (Å²) in [5.74, 6) is -0.853. The van der Waals surface area contributed by atoms with E-state index in [1.807, 2.05) is 0 Å². The van der Waals surface area contributed by atoms with Crippen molar-refractivity contribution in [2.24, 2.45) is 5.73 Å². The van der Waals surface area contributed by atoms with Crippen LogP contribution in [0.5, 0.6) is 0 Å². The maximum atomic E-state index is 12.2. The first-order chi connectivity index (χ1) is 6.48. The first kappa shape index (κ1) is 9.45. The van der Waals surface area contributed by atoms with Gasteiger partial charge in [0.1, 0.15) is 5.82 Å². The Labute approximate surface area is 77.9 Å². The van der Waals surface area contributed by atoms with Crippen LogP contribution in [-0.4, -0.2) is 14.8 Å². The van der Waals surface area contributed by atoms with E-state index in [9.17, 15) is 13.2 Å². The van der Waals surface area contributed by atoms with Crippen LogP contribution in [0.15, 0.2) is 0 Å². The number of fused-ring (bicyclic) bond motifs is 1. The molecule has 1 aromatic heterocycles. The van der Waals surface area contributed by atoms with Crippen molar-refractivity contribution in [2.45, 2.75) is 31.6 Å². The highest BCUT2D eigenvalue weighted by Crippen LogP contribution is 2.29. The second-order valence-electron chi connectivity index (χ2n) is 3.26. The van der Waals surface area contributed by atoms with Crippen LogP contribution in [0.3, 0.4) is 0 Å². The fourth-order valence-corrected chi connectivity index (χ4v) is 1.50. The zero-order valence-electron chi connectivity index (χ0n) is 7.25. The smallest absolute Gasteiger partial charge is 0.321 e. The summed E-state index contributed by atoms with van der Waals surface area (Å²) in [5, 5.41) is 3.37. The predicted molar refractivity (Wildman–Crippen MR) is 41.2 cm³/mol. The van der Waals surface area contributed by atoms with Crippen LogP contribution in [0.25, 0.3) is 0 Å². The standard InChI is InChI=1S/C7H9F3N4/c8-7(9,10)6-12-5-4(11)2-1-3-14(5)13-6/h4H,1-3,11H2. The van der Waals surface area contributed by atoms with E-state index >= 15 is 0 Å². The van der Waals surface area contributed by atoms with Gasteiger partial charge in [0.05, 0.1) is 6.04 Å². The minimum absolute atomic E-state index is 0.239. The minimum atomic E-state index is -4.48. The summed E-state index contributed by atoms with van der Waals surface area (Å²) in [6, 6.07) is -0.424. The Morgan fingerprint density at radius 2 is 2.14 bits per heavy atom. The normalized spacial score (nSPS) is 22.1. The lowest BCUT2D eigenvalue weighted by atomic mass is 10.1. The molecule has 1 aliphatic rings. The summed E-state index contributed by atoms with van der Waals surface area (Å²) in [4.78, 5) is 3.40. The van der Waals surface area contributed by atoms with Crippen molar-refractivity contribution in [1.82, 2.24) is 14.8 Å². The molecule has 2 heterocycles. The molecular weight excluding hydrogens is 197 g/mol. The third kappa shape index (κ3) is 1.47. The molecule has 1 aromatic rings. The Balaban J connectivity index is 2.40. The van der Waals surface area contributed by atoms with E-state index in [4.69, 9.17) is 5.73 Å². The first-order valence-corrected chi connectivity index (χ1v) is 4.26. The fraction of sp³-hybridized carbons (Fsp3) is 0.714. The summed E-state index contributed by atoms with van der Waals surface area (Å²) >= 11 is 0. The molecule has 0 saturated carbocycles. The van der Waals surface area contributed by atoms with Gasteiger partial charge in [-0.3, -0.25) is 0 Å². The van der Waals surface area contributed by atoms with E-state index in [1.165, 1.54) is 4.68 Å². The molecule has 0 aromatic carbocycles.